The number of morpholine rings is 1. The Morgan fingerprint density at radius 2 is 1.92 bits per heavy atom. The Balaban J connectivity index is 1.46. The fourth-order valence-corrected chi connectivity index (χ4v) is 4.41. The zero-order valence-electron chi connectivity index (χ0n) is 14.7. The number of hydrogen-bond donors (Lipinski definition) is 0. The number of hydrogen-bond acceptors (Lipinski definition) is 4. The molecule has 6 heteroatoms. The van der Waals surface area contributed by atoms with Crippen molar-refractivity contribution in [2.45, 2.75) is 45.2 Å². The largest absolute Gasteiger partial charge is 0.378 e. The van der Waals surface area contributed by atoms with Gasteiger partial charge in [0.2, 0.25) is 0 Å². The van der Waals surface area contributed by atoms with Gasteiger partial charge in [0.15, 0.2) is 5.69 Å². The molecule has 1 aromatic rings. The van der Waals surface area contributed by atoms with Crippen LogP contribution in [0.5, 0.6) is 0 Å². The van der Waals surface area contributed by atoms with Gasteiger partial charge >= 0.3 is 0 Å². The lowest BCUT2D eigenvalue weighted by molar-refractivity contribution is 0.0297. The van der Waals surface area contributed by atoms with Gasteiger partial charge in [-0.05, 0) is 18.8 Å². The summed E-state index contributed by atoms with van der Waals surface area (Å²) in [4.78, 5) is 17.2. The van der Waals surface area contributed by atoms with Crippen LogP contribution < -0.4 is 0 Å². The number of amides is 1. The van der Waals surface area contributed by atoms with E-state index in [-0.39, 0.29) is 5.91 Å². The average Bonchev–Trinajstić information content (AvgIpc) is 3.16. The molecule has 0 unspecified atom stereocenters. The first kappa shape index (κ1) is 16.1. The second-order valence-corrected chi connectivity index (χ2v) is 7.48. The van der Waals surface area contributed by atoms with E-state index in [0.29, 0.717) is 32.0 Å². The van der Waals surface area contributed by atoms with Crippen molar-refractivity contribution >= 4 is 5.91 Å². The van der Waals surface area contributed by atoms with E-state index >= 15 is 0 Å². The molecule has 1 aliphatic carbocycles. The molecule has 0 bridgehead atoms. The zero-order valence-corrected chi connectivity index (χ0v) is 14.7. The lowest BCUT2D eigenvalue weighted by atomic mass is 9.89. The van der Waals surface area contributed by atoms with E-state index in [2.05, 4.69) is 10.00 Å². The monoisotopic (exact) mass is 332 g/mol. The smallest absolute Gasteiger partial charge is 0.274 e. The minimum Gasteiger partial charge on any atom is -0.378 e. The van der Waals surface area contributed by atoms with Crippen LogP contribution in [0.2, 0.25) is 0 Å². The maximum absolute atomic E-state index is 12.8. The first-order valence-electron chi connectivity index (χ1n) is 9.36. The van der Waals surface area contributed by atoms with Gasteiger partial charge in [-0.2, -0.15) is 5.10 Å². The Bertz CT molecular complexity index is 600. The summed E-state index contributed by atoms with van der Waals surface area (Å²) in [5.74, 6) is 0.911. The van der Waals surface area contributed by atoms with Crippen LogP contribution in [0.15, 0.2) is 0 Å². The van der Waals surface area contributed by atoms with Crippen molar-refractivity contribution in [2.24, 2.45) is 13.0 Å². The fourth-order valence-electron chi connectivity index (χ4n) is 4.41. The molecule has 1 aromatic heterocycles. The molecule has 1 saturated heterocycles. The third-order valence-electron chi connectivity index (χ3n) is 5.77. The summed E-state index contributed by atoms with van der Waals surface area (Å²) in [5, 5.41) is 4.55. The number of ether oxygens (including phenoxy) is 1. The Morgan fingerprint density at radius 1 is 1.17 bits per heavy atom. The molecule has 2 aliphatic heterocycles. The van der Waals surface area contributed by atoms with Crippen LogP contribution in [0.1, 0.15) is 53.8 Å². The molecule has 1 saturated carbocycles. The average molecular weight is 332 g/mol. The highest BCUT2D eigenvalue weighted by Gasteiger charge is 2.33. The van der Waals surface area contributed by atoms with Gasteiger partial charge in [0.25, 0.3) is 5.91 Å². The molecule has 3 aliphatic rings. The van der Waals surface area contributed by atoms with Crippen molar-refractivity contribution in [1.29, 1.82) is 0 Å². The molecule has 0 radical (unpaired) electrons. The molecule has 0 N–H and O–H groups in total. The van der Waals surface area contributed by atoms with Crippen molar-refractivity contribution in [3.05, 3.63) is 17.0 Å². The second kappa shape index (κ2) is 6.84. The van der Waals surface area contributed by atoms with E-state index in [1.165, 1.54) is 44.3 Å². The molecule has 6 nitrogen and oxygen atoms in total. The molecule has 4 rings (SSSR count). The minimum atomic E-state index is 0.0784. The summed E-state index contributed by atoms with van der Waals surface area (Å²) < 4.78 is 7.28. The van der Waals surface area contributed by atoms with E-state index in [9.17, 15) is 4.79 Å². The molecular formula is C18H28N4O2. The lowest BCUT2D eigenvalue weighted by Gasteiger charge is -2.27. The van der Waals surface area contributed by atoms with Gasteiger partial charge in [-0.25, -0.2) is 0 Å². The molecule has 132 valence electrons. The number of aryl methyl sites for hydroxylation is 1. The van der Waals surface area contributed by atoms with Crippen molar-refractivity contribution < 1.29 is 9.53 Å². The van der Waals surface area contributed by atoms with Crippen LogP contribution in [0.25, 0.3) is 0 Å². The van der Waals surface area contributed by atoms with Crippen LogP contribution in [0, 0.1) is 5.92 Å². The predicted molar refractivity (Wildman–Crippen MR) is 90.6 cm³/mol. The third kappa shape index (κ3) is 3.09. The number of carbonyl (C=O) groups is 1. The molecule has 0 atom stereocenters. The van der Waals surface area contributed by atoms with E-state index in [1.807, 2.05) is 16.6 Å². The van der Waals surface area contributed by atoms with Gasteiger partial charge in [0.1, 0.15) is 0 Å². The maximum atomic E-state index is 12.8. The predicted octanol–water partition coefficient (Wildman–Crippen LogP) is 1.79. The van der Waals surface area contributed by atoms with Crippen molar-refractivity contribution in [3.8, 4) is 0 Å². The van der Waals surface area contributed by atoms with Crippen LogP contribution in [-0.2, 0) is 24.9 Å². The minimum absolute atomic E-state index is 0.0784. The summed E-state index contributed by atoms with van der Waals surface area (Å²) in [5.41, 5.74) is 3.05. The van der Waals surface area contributed by atoms with Gasteiger partial charge in [-0.15, -0.1) is 0 Å². The van der Waals surface area contributed by atoms with Crippen molar-refractivity contribution in [1.82, 2.24) is 19.6 Å². The zero-order chi connectivity index (χ0) is 16.5. The normalized spacial score (nSPS) is 22.8. The standard InChI is InChI=1S/C18H28N4O2/c1-20-16-13-21(11-14-5-3-2-4-6-14)12-15(16)17(19-20)18(23)22-7-9-24-10-8-22/h14H,2-13H2,1H3. The second-order valence-electron chi connectivity index (χ2n) is 7.48. The van der Waals surface area contributed by atoms with Gasteiger partial charge < -0.3 is 9.64 Å². The van der Waals surface area contributed by atoms with Gasteiger partial charge in [0, 0.05) is 45.3 Å². The summed E-state index contributed by atoms with van der Waals surface area (Å²) in [6, 6.07) is 0. The molecule has 3 heterocycles. The first-order chi connectivity index (χ1) is 11.7. The number of fused-ring (bicyclic) bond motifs is 1. The van der Waals surface area contributed by atoms with Gasteiger partial charge in [0.05, 0.1) is 18.9 Å². The highest BCUT2D eigenvalue weighted by Crippen LogP contribution is 2.30. The van der Waals surface area contributed by atoms with E-state index in [4.69, 9.17) is 4.74 Å². The Morgan fingerprint density at radius 3 is 2.67 bits per heavy atom. The summed E-state index contributed by atoms with van der Waals surface area (Å²) in [7, 11) is 1.97. The number of carbonyl (C=O) groups excluding carboxylic acids is 1. The quantitative estimate of drug-likeness (QED) is 0.847. The molecular weight excluding hydrogens is 304 g/mol. The van der Waals surface area contributed by atoms with Crippen LogP contribution in [-0.4, -0.2) is 58.3 Å². The lowest BCUT2D eigenvalue weighted by Crippen LogP contribution is -2.41. The van der Waals surface area contributed by atoms with E-state index in [1.54, 1.807) is 0 Å². The topological polar surface area (TPSA) is 50.6 Å². The van der Waals surface area contributed by atoms with Crippen molar-refractivity contribution in [3.63, 3.8) is 0 Å². The number of nitrogens with zero attached hydrogens (tertiary/aromatic N) is 4. The first-order valence-corrected chi connectivity index (χ1v) is 9.36. The summed E-state index contributed by atoms with van der Waals surface area (Å²) >= 11 is 0. The summed E-state index contributed by atoms with van der Waals surface area (Å²) in [6.45, 7) is 5.60. The van der Waals surface area contributed by atoms with Crippen LogP contribution >= 0.6 is 0 Å². The number of aromatic nitrogens is 2. The molecule has 24 heavy (non-hydrogen) atoms. The Hall–Kier alpha value is -1.40. The van der Waals surface area contributed by atoms with Gasteiger partial charge in [-0.1, -0.05) is 19.3 Å². The third-order valence-corrected chi connectivity index (χ3v) is 5.77. The number of rotatable bonds is 3. The van der Waals surface area contributed by atoms with E-state index in [0.717, 1.165) is 24.6 Å². The highest BCUT2D eigenvalue weighted by molar-refractivity contribution is 5.94. The van der Waals surface area contributed by atoms with Crippen LogP contribution in [0.3, 0.4) is 0 Å². The summed E-state index contributed by atoms with van der Waals surface area (Å²) in [6.07, 6.45) is 6.90. The molecule has 0 spiro atoms. The molecule has 2 fully saturated rings. The Kier molecular flexibility index (Phi) is 4.59. The van der Waals surface area contributed by atoms with Crippen molar-refractivity contribution in [2.75, 3.05) is 32.8 Å². The van der Waals surface area contributed by atoms with Gasteiger partial charge in [-0.3, -0.25) is 14.4 Å². The highest BCUT2D eigenvalue weighted by atomic mass is 16.5. The SMILES string of the molecule is Cn1nc(C(=O)N2CCOCC2)c2c1CN(CC1CCCCC1)C2. The van der Waals surface area contributed by atoms with Crippen LogP contribution in [0.4, 0.5) is 0 Å². The molecule has 0 aromatic carbocycles. The van der Waals surface area contributed by atoms with E-state index < -0.39 is 0 Å². The Labute approximate surface area is 143 Å². The molecule has 1 amide bonds. The maximum Gasteiger partial charge on any atom is 0.274 e. The fraction of sp³-hybridized carbons (Fsp3) is 0.778.